The van der Waals surface area contributed by atoms with Crippen molar-refractivity contribution in [1.82, 2.24) is 15.0 Å². The van der Waals surface area contributed by atoms with Crippen molar-refractivity contribution in [2.24, 2.45) is 0 Å². The van der Waals surface area contributed by atoms with Gasteiger partial charge in [-0.2, -0.15) is 0 Å². The van der Waals surface area contributed by atoms with Crippen molar-refractivity contribution in [3.63, 3.8) is 0 Å². The summed E-state index contributed by atoms with van der Waals surface area (Å²) < 4.78 is 13.3. The largest absolute Gasteiger partial charge is 0.477 e. The molecule has 2 N–H and O–H groups in total. The Kier molecular flexibility index (Phi) is 4.66. The topological polar surface area (TPSA) is 105 Å². The number of amides is 1. The van der Waals surface area contributed by atoms with Crippen molar-refractivity contribution >= 4 is 28.6 Å². The normalized spacial score (nSPS) is 10.7. The van der Waals surface area contributed by atoms with Crippen LogP contribution in [0.2, 0.25) is 0 Å². The highest BCUT2D eigenvalue weighted by molar-refractivity contribution is 6.07. The molecule has 0 unspecified atom stereocenters. The van der Waals surface area contributed by atoms with Crippen LogP contribution in [-0.2, 0) is 0 Å². The van der Waals surface area contributed by atoms with Crippen LogP contribution in [0.15, 0.2) is 66.9 Å². The number of rotatable bonds is 4. The maximum Gasteiger partial charge on any atom is 0.354 e. The van der Waals surface area contributed by atoms with Crippen molar-refractivity contribution in [1.29, 1.82) is 0 Å². The lowest BCUT2D eigenvalue weighted by molar-refractivity contribution is 0.0690. The zero-order chi connectivity index (χ0) is 20.4. The van der Waals surface area contributed by atoms with E-state index >= 15 is 0 Å². The van der Waals surface area contributed by atoms with E-state index < -0.39 is 17.7 Å². The first-order chi connectivity index (χ1) is 14.0. The molecule has 0 bridgehead atoms. The monoisotopic (exact) mass is 388 g/mol. The fraction of sp³-hybridized carbons (Fsp3) is 0. The maximum atomic E-state index is 13.3. The number of aromatic nitrogens is 3. The van der Waals surface area contributed by atoms with Crippen LogP contribution >= 0.6 is 0 Å². The number of carboxylic acid groups (broad SMARTS) is 1. The lowest BCUT2D eigenvalue weighted by atomic mass is 10.1. The molecule has 7 nitrogen and oxygen atoms in total. The molecule has 0 atom stereocenters. The summed E-state index contributed by atoms with van der Waals surface area (Å²) in [5, 5.41) is 11.6. The van der Waals surface area contributed by atoms with Crippen LogP contribution in [0.4, 0.5) is 10.1 Å². The molecule has 2 aromatic heterocycles. The lowest BCUT2D eigenvalue weighted by Crippen LogP contribution is -2.16. The second-order valence-corrected chi connectivity index (χ2v) is 6.11. The fourth-order valence-corrected chi connectivity index (χ4v) is 2.75. The standard InChI is InChI=1S/C21H13FN4O3/c22-13-7-5-12(6-8-13)18-19(26-16-4-2-1-3-15(16)25-18)20(27)24-14-9-10-17(21(28)29)23-11-14/h1-11H,(H,24,27)(H,28,29). The van der Waals surface area contributed by atoms with Crippen LogP contribution in [0.3, 0.4) is 0 Å². The predicted molar refractivity (Wildman–Crippen MR) is 104 cm³/mol. The number of benzene rings is 2. The number of carboxylic acids is 1. The number of hydrogen-bond acceptors (Lipinski definition) is 5. The molecule has 0 aliphatic carbocycles. The molecule has 29 heavy (non-hydrogen) atoms. The first-order valence-corrected chi connectivity index (χ1v) is 8.55. The molecule has 0 aliphatic rings. The van der Waals surface area contributed by atoms with Crippen molar-refractivity contribution < 1.29 is 19.1 Å². The lowest BCUT2D eigenvalue weighted by Gasteiger charge is -2.11. The van der Waals surface area contributed by atoms with Gasteiger partial charge in [0, 0.05) is 5.56 Å². The zero-order valence-electron chi connectivity index (χ0n) is 14.8. The van der Waals surface area contributed by atoms with Crippen LogP contribution in [0, 0.1) is 5.82 Å². The van der Waals surface area contributed by atoms with E-state index in [-0.39, 0.29) is 11.4 Å². The number of halogens is 1. The van der Waals surface area contributed by atoms with E-state index in [1.165, 1.54) is 42.6 Å². The minimum absolute atomic E-state index is 0.0534. The Balaban J connectivity index is 1.76. The van der Waals surface area contributed by atoms with Gasteiger partial charge in [-0.15, -0.1) is 0 Å². The average molecular weight is 388 g/mol. The molecule has 4 aromatic rings. The van der Waals surface area contributed by atoms with Crippen molar-refractivity contribution in [2.75, 3.05) is 5.32 Å². The Morgan fingerprint density at radius 3 is 2.21 bits per heavy atom. The third kappa shape index (κ3) is 3.77. The van der Waals surface area contributed by atoms with Gasteiger partial charge in [0.05, 0.1) is 22.9 Å². The van der Waals surface area contributed by atoms with Crippen LogP contribution in [0.1, 0.15) is 21.0 Å². The van der Waals surface area contributed by atoms with Gasteiger partial charge in [-0.05, 0) is 48.5 Å². The molecule has 4 rings (SSSR count). The molecule has 8 heteroatoms. The molecular formula is C21H13FN4O3. The smallest absolute Gasteiger partial charge is 0.354 e. The van der Waals surface area contributed by atoms with Gasteiger partial charge in [-0.1, -0.05) is 12.1 Å². The number of pyridine rings is 1. The Bertz CT molecular complexity index is 1230. The minimum Gasteiger partial charge on any atom is -0.477 e. The summed E-state index contributed by atoms with van der Waals surface area (Å²) in [6, 6.07) is 15.4. The fourth-order valence-electron chi connectivity index (χ4n) is 2.75. The molecule has 0 radical (unpaired) electrons. The highest BCUT2D eigenvalue weighted by atomic mass is 19.1. The highest BCUT2D eigenvalue weighted by Gasteiger charge is 2.18. The average Bonchev–Trinajstić information content (AvgIpc) is 2.73. The molecule has 0 saturated heterocycles. The second kappa shape index (κ2) is 7.43. The van der Waals surface area contributed by atoms with E-state index in [1.807, 2.05) is 0 Å². The molecular weight excluding hydrogens is 375 g/mol. The Hall–Kier alpha value is -4.20. The molecule has 142 valence electrons. The number of hydrogen-bond donors (Lipinski definition) is 2. The van der Waals surface area contributed by atoms with Crippen molar-refractivity contribution in [2.45, 2.75) is 0 Å². The highest BCUT2D eigenvalue weighted by Crippen LogP contribution is 2.24. The zero-order valence-corrected chi connectivity index (χ0v) is 14.8. The summed E-state index contributed by atoms with van der Waals surface area (Å²) in [4.78, 5) is 36.6. The molecule has 0 saturated carbocycles. The quantitative estimate of drug-likeness (QED) is 0.551. The van der Waals surface area contributed by atoms with E-state index in [4.69, 9.17) is 5.11 Å². The number of nitrogens with zero attached hydrogens (tertiary/aromatic N) is 3. The second-order valence-electron chi connectivity index (χ2n) is 6.11. The van der Waals surface area contributed by atoms with Crippen LogP contribution in [0.5, 0.6) is 0 Å². The minimum atomic E-state index is -1.16. The summed E-state index contributed by atoms with van der Waals surface area (Å²) in [5.41, 5.74) is 2.18. The van der Waals surface area contributed by atoms with Gasteiger partial charge in [-0.3, -0.25) is 4.79 Å². The third-order valence-corrected chi connectivity index (χ3v) is 4.14. The number of carbonyl (C=O) groups excluding carboxylic acids is 1. The molecule has 0 spiro atoms. The molecule has 0 fully saturated rings. The SMILES string of the molecule is O=C(O)c1ccc(NC(=O)c2nc3ccccc3nc2-c2ccc(F)cc2)cn1. The van der Waals surface area contributed by atoms with Gasteiger partial charge in [0.1, 0.15) is 17.2 Å². The van der Waals surface area contributed by atoms with E-state index in [9.17, 15) is 14.0 Å². The Morgan fingerprint density at radius 1 is 0.897 bits per heavy atom. The summed E-state index contributed by atoms with van der Waals surface area (Å²) in [7, 11) is 0. The number of para-hydroxylation sites is 2. The van der Waals surface area contributed by atoms with Crippen molar-refractivity contribution in [3.8, 4) is 11.3 Å². The van der Waals surface area contributed by atoms with Gasteiger partial charge >= 0.3 is 5.97 Å². The van der Waals surface area contributed by atoms with Gasteiger partial charge in [0.2, 0.25) is 0 Å². The number of nitrogens with one attached hydrogen (secondary N) is 1. The van der Waals surface area contributed by atoms with Crippen LogP contribution < -0.4 is 5.32 Å². The number of anilines is 1. The van der Waals surface area contributed by atoms with E-state index in [2.05, 4.69) is 20.3 Å². The third-order valence-electron chi connectivity index (χ3n) is 4.14. The molecule has 2 heterocycles. The van der Waals surface area contributed by atoms with Crippen molar-refractivity contribution in [3.05, 3.63) is 84.1 Å². The summed E-state index contributed by atoms with van der Waals surface area (Å²) in [6.07, 6.45) is 1.24. The molecule has 1 amide bonds. The molecule has 2 aromatic carbocycles. The van der Waals surface area contributed by atoms with Gasteiger partial charge in [-0.25, -0.2) is 24.1 Å². The van der Waals surface area contributed by atoms with Gasteiger partial charge in [0.15, 0.2) is 5.69 Å². The van der Waals surface area contributed by atoms with Crippen LogP contribution in [0.25, 0.3) is 22.3 Å². The van der Waals surface area contributed by atoms with Gasteiger partial charge in [0.25, 0.3) is 5.91 Å². The van der Waals surface area contributed by atoms with E-state index in [0.717, 1.165) is 0 Å². The first-order valence-electron chi connectivity index (χ1n) is 8.55. The summed E-state index contributed by atoms with van der Waals surface area (Å²) in [6.45, 7) is 0. The number of carbonyl (C=O) groups is 2. The van der Waals surface area contributed by atoms with E-state index in [1.54, 1.807) is 24.3 Å². The first kappa shape index (κ1) is 18.2. The van der Waals surface area contributed by atoms with Gasteiger partial charge < -0.3 is 10.4 Å². The maximum absolute atomic E-state index is 13.3. The molecule has 0 aliphatic heterocycles. The Labute approximate surface area is 163 Å². The predicted octanol–water partition coefficient (Wildman–Crippen LogP) is 3.78. The van der Waals surface area contributed by atoms with Crippen LogP contribution in [-0.4, -0.2) is 31.9 Å². The van der Waals surface area contributed by atoms with E-state index in [0.29, 0.717) is 28.0 Å². The number of fused-ring (bicyclic) bond motifs is 1. The summed E-state index contributed by atoms with van der Waals surface area (Å²) in [5.74, 6) is -2.12. The summed E-state index contributed by atoms with van der Waals surface area (Å²) >= 11 is 0. The Morgan fingerprint density at radius 2 is 1.59 bits per heavy atom. The number of aromatic carboxylic acids is 1.